The van der Waals surface area contributed by atoms with E-state index >= 15 is 0 Å². The topological polar surface area (TPSA) is 64.1 Å². The molecule has 1 atom stereocenters. The fourth-order valence-electron chi connectivity index (χ4n) is 1.38. The number of nitrogens with one attached hydrogen (secondary N) is 1. The molecule has 1 aromatic rings. The van der Waals surface area contributed by atoms with Crippen molar-refractivity contribution in [3.8, 4) is 0 Å². The van der Waals surface area contributed by atoms with Gasteiger partial charge in [-0.1, -0.05) is 31.4 Å². The summed E-state index contributed by atoms with van der Waals surface area (Å²) in [5, 5.41) is 3.20. The highest BCUT2D eigenvalue weighted by molar-refractivity contribution is 6.31. The molecule has 0 amide bonds. The number of rotatable bonds is 6. The molecule has 0 spiro atoms. The Balaban J connectivity index is 2.72. The van der Waals surface area contributed by atoms with Crippen LogP contribution in [0.4, 0.5) is 5.82 Å². The summed E-state index contributed by atoms with van der Waals surface area (Å²) in [6.45, 7) is 2.06. The summed E-state index contributed by atoms with van der Waals surface area (Å²) < 4.78 is 4.73. The molecule has 0 fully saturated rings. The predicted octanol–water partition coefficient (Wildman–Crippen LogP) is 2.27. The average molecular weight is 258 g/mol. The molecular formula is C11H16ClN3O2. The molecule has 5 nitrogen and oxygen atoms in total. The zero-order chi connectivity index (χ0) is 12.7. The van der Waals surface area contributed by atoms with Crippen molar-refractivity contribution < 1.29 is 9.53 Å². The highest BCUT2D eigenvalue weighted by Crippen LogP contribution is 2.17. The lowest BCUT2D eigenvalue weighted by molar-refractivity contribution is -0.141. The van der Waals surface area contributed by atoms with E-state index in [0.29, 0.717) is 12.2 Å². The Kier molecular flexibility index (Phi) is 5.69. The lowest BCUT2D eigenvalue weighted by atomic mass is 10.1. The first-order valence-electron chi connectivity index (χ1n) is 5.50. The fourth-order valence-corrected chi connectivity index (χ4v) is 1.54. The summed E-state index contributed by atoms with van der Waals surface area (Å²) in [7, 11) is 1.36. The van der Waals surface area contributed by atoms with Crippen LogP contribution in [0.3, 0.4) is 0 Å². The molecule has 1 rings (SSSR count). The number of unbranched alkanes of at least 4 members (excludes halogenated alkanes) is 1. The molecule has 1 heterocycles. The largest absolute Gasteiger partial charge is 0.467 e. The van der Waals surface area contributed by atoms with Crippen LogP contribution in [0.1, 0.15) is 26.2 Å². The third-order valence-corrected chi connectivity index (χ3v) is 2.57. The van der Waals surface area contributed by atoms with Gasteiger partial charge in [0.05, 0.1) is 7.11 Å². The second-order valence-corrected chi connectivity index (χ2v) is 3.92. The van der Waals surface area contributed by atoms with Crippen molar-refractivity contribution >= 4 is 23.4 Å². The smallest absolute Gasteiger partial charge is 0.328 e. The van der Waals surface area contributed by atoms with Gasteiger partial charge in [-0.15, -0.1) is 0 Å². The second-order valence-electron chi connectivity index (χ2n) is 3.56. The number of aromatic nitrogens is 2. The minimum atomic E-state index is -0.436. The number of hydrogen-bond acceptors (Lipinski definition) is 5. The van der Waals surface area contributed by atoms with Gasteiger partial charge < -0.3 is 10.1 Å². The maximum absolute atomic E-state index is 11.6. The molecule has 0 aliphatic rings. The molecule has 0 radical (unpaired) electrons. The lowest BCUT2D eigenvalue weighted by Gasteiger charge is -2.16. The molecule has 6 heteroatoms. The van der Waals surface area contributed by atoms with Gasteiger partial charge in [0.15, 0.2) is 11.0 Å². The summed E-state index contributed by atoms with van der Waals surface area (Å²) in [4.78, 5) is 19.5. The molecule has 0 bridgehead atoms. The van der Waals surface area contributed by atoms with E-state index in [-0.39, 0.29) is 11.1 Å². The van der Waals surface area contributed by atoms with Gasteiger partial charge in [-0.25, -0.2) is 14.8 Å². The molecule has 0 aliphatic heterocycles. The molecule has 0 aromatic carbocycles. The van der Waals surface area contributed by atoms with Crippen LogP contribution in [0.15, 0.2) is 12.4 Å². The number of halogens is 1. The Morgan fingerprint density at radius 3 is 2.82 bits per heavy atom. The van der Waals surface area contributed by atoms with Crippen LogP contribution < -0.4 is 5.32 Å². The quantitative estimate of drug-likeness (QED) is 0.792. The lowest BCUT2D eigenvalue weighted by Crippen LogP contribution is -2.31. The average Bonchev–Trinajstić information content (AvgIpc) is 2.35. The van der Waals surface area contributed by atoms with Gasteiger partial charge in [0, 0.05) is 12.4 Å². The van der Waals surface area contributed by atoms with Gasteiger partial charge in [-0.05, 0) is 6.42 Å². The van der Waals surface area contributed by atoms with E-state index < -0.39 is 6.04 Å². The van der Waals surface area contributed by atoms with Gasteiger partial charge >= 0.3 is 5.97 Å². The van der Waals surface area contributed by atoms with Gasteiger partial charge in [-0.2, -0.15) is 0 Å². The van der Waals surface area contributed by atoms with E-state index in [4.69, 9.17) is 16.3 Å². The second kappa shape index (κ2) is 7.06. The van der Waals surface area contributed by atoms with E-state index in [2.05, 4.69) is 22.2 Å². The Labute approximate surface area is 106 Å². The van der Waals surface area contributed by atoms with Gasteiger partial charge in [-0.3, -0.25) is 0 Å². The van der Waals surface area contributed by atoms with Gasteiger partial charge in [0.2, 0.25) is 0 Å². The number of nitrogens with zero attached hydrogens (tertiary/aromatic N) is 2. The molecule has 0 aliphatic carbocycles. The van der Waals surface area contributed by atoms with Crippen molar-refractivity contribution in [3.63, 3.8) is 0 Å². The first-order valence-corrected chi connectivity index (χ1v) is 5.87. The van der Waals surface area contributed by atoms with E-state index in [1.807, 2.05) is 0 Å². The summed E-state index contributed by atoms with van der Waals surface area (Å²) in [6, 6.07) is -0.436. The molecular weight excluding hydrogens is 242 g/mol. The van der Waals surface area contributed by atoms with Crippen LogP contribution in [0, 0.1) is 0 Å². The van der Waals surface area contributed by atoms with E-state index in [1.165, 1.54) is 19.5 Å². The van der Waals surface area contributed by atoms with E-state index in [9.17, 15) is 4.79 Å². The Morgan fingerprint density at radius 1 is 1.53 bits per heavy atom. The number of carbonyl (C=O) groups excluding carboxylic acids is 1. The maximum atomic E-state index is 11.6. The molecule has 1 N–H and O–H groups in total. The monoisotopic (exact) mass is 257 g/mol. The number of ether oxygens (including phenoxy) is 1. The van der Waals surface area contributed by atoms with Crippen LogP contribution in [0.5, 0.6) is 0 Å². The molecule has 17 heavy (non-hydrogen) atoms. The number of anilines is 1. The van der Waals surface area contributed by atoms with Crippen LogP contribution in [0.2, 0.25) is 5.15 Å². The first kappa shape index (κ1) is 13.7. The van der Waals surface area contributed by atoms with Crippen molar-refractivity contribution in [1.29, 1.82) is 0 Å². The number of hydrogen-bond donors (Lipinski definition) is 1. The van der Waals surface area contributed by atoms with Gasteiger partial charge in [0.25, 0.3) is 0 Å². The van der Waals surface area contributed by atoms with Crippen molar-refractivity contribution in [2.45, 2.75) is 32.2 Å². The molecule has 94 valence electrons. The Bertz CT molecular complexity index is 373. The minimum absolute atomic E-state index is 0.248. The zero-order valence-corrected chi connectivity index (χ0v) is 10.7. The molecule has 1 aromatic heterocycles. The van der Waals surface area contributed by atoms with Crippen molar-refractivity contribution in [3.05, 3.63) is 17.5 Å². The summed E-state index contributed by atoms with van der Waals surface area (Å²) >= 11 is 5.86. The summed E-state index contributed by atoms with van der Waals surface area (Å²) in [5.41, 5.74) is 0. The van der Waals surface area contributed by atoms with Crippen molar-refractivity contribution in [2.24, 2.45) is 0 Å². The summed E-state index contributed by atoms with van der Waals surface area (Å²) in [6.07, 6.45) is 5.61. The van der Waals surface area contributed by atoms with Crippen LogP contribution >= 0.6 is 11.6 Å². The number of esters is 1. The standard InChI is InChI=1S/C11H16ClN3O2/c1-3-4-5-8(11(16)17-2)15-10-9(12)13-6-7-14-10/h6-8H,3-5H2,1-2H3,(H,14,15)/t8-/m0/s1. The fraction of sp³-hybridized carbons (Fsp3) is 0.545. The molecule has 0 saturated heterocycles. The van der Waals surface area contributed by atoms with E-state index in [0.717, 1.165) is 12.8 Å². The predicted molar refractivity (Wildman–Crippen MR) is 66.0 cm³/mol. The first-order chi connectivity index (χ1) is 8.19. The number of methoxy groups -OCH3 is 1. The van der Waals surface area contributed by atoms with Crippen molar-refractivity contribution in [2.75, 3.05) is 12.4 Å². The third kappa shape index (κ3) is 4.19. The van der Waals surface area contributed by atoms with Crippen LogP contribution in [-0.4, -0.2) is 29.1 Å². The van der Waals surface area contributed by atoms with Crippen molar-refractivity contribution in [1.82, 2.24) is 9.97 Å². The van der Waals surface area contributed by atoms with Crippen LogP contribution in [-0.2, 0) is 9.53 Å². The normalized spacial score (nSPS) is 11.9. The van der Waals surface area contributed by atoms with Crippen LogP contribution in [0.25, 0.3) is 0 Å². The summed E-state index contributed by atoms with van der Waals surface area (Å²) in [5.74, 6) is 0.0841. The highest BCUT2D eigenvalue weighted by atomic mass is 35.5. The molecule has 0 unspecified atom stereocenters. The highest BCUT2D eigenvalue weighted by Gasteiger charge is 2.19. The maximum Gasteiger partial charge on any atom is 0.328 e. The third-order valence-electron chi connectivity index (χ3n) is 2.30. The Hall–Kier alpha value is -1.36. The van der Waals surface area contributed by atoms with Gasteiger partial charge in [0.1, 0.15) is 6.04 Å². The number of carbonyl (C=O) groups is 1. The molecule has 0 saturated carbocycles. The minimum Gasteiger partial charge on any atom is -0.467 e. The zero-order valence-electron chi connectivity index (χ0n) is 9.94. The van der Waals surface area contributed by atoms with E-state index in [1.54, 1.807) is 0 Å². The Morgan fingerprint density at radius 2 is 2.24 bits per heavy atom. The SMILES string of the molecule is CCCC[C@H](Nc1nccnc1Cl)C(=O)OC.